The molecule has 0 aliphatic rings. The van der Waals surface area contributed by atoms with Crippen molar-refractivity contribution in [2.24, 2.45) is 0 Å². The molecule has 5 heteroatoms. The molecular weight excluding hydrogens is 393 g/mol. The second kappa shape index (κ2) is 7.93. The van der Waals surface area contributed by atoms with E-state index in [1.807, 2.05) is 54.6 Å². The van der Waals surface area contributed by atoms with Gasteiger partial charge in [0, 0.05) is 9.99 Å². The summed E-state index contributed by atoms with van der Waals surface area (Å²) in [6.07, 6.45) is 0.449. The Bertz CT molecular complexity index is 641. The molecule has 0 aromatic heterocycles. The summed E-state index contributed by atoms with van der Waals surface area (Å²) in [4.78, 5) is 23.3. The quantitative estimate of drug-likeness (QED) is 0.722. The molecule has 0 aliphatic carbocycles. The number of carbonyl (C=O) groups excluding carboxylic acids is 1. The van der Waals surface area contributed by atoms with Crippen molar-refractivity contribution in [2.45, 2.75) is 18.9 Å². The number of amides is 1. The summed E-state index contributed by atoms with van der Waals surface area (Å²) in [5.41, 5.74) is 1.74. The first-order valence-electron chi connectivity index (χ1n) is 6.85. The third-order valence-electron chi connectivity index (χ3n) is 3.19. The molecule has 0 saturated carbocycles. The van der Waals surface area contributed by atoms with Gasteiger partial charge in [0.05, 0.1) is 6.42 Å². The van der Waals surface area contributed by atoms with Crippen molar-refractivity contribution < 1.29 is 14.7 Å². The van der Waals surface area contributed by atoms with Crippen molar-refractivity contribution in [3.63, 3.8) is 0 Å². The van der Waals surface area contributed by atoms with E-state index in [9.17, 15) is 14.7 Å². The highest BCUT2D eigenvalue weighted by molar-refractivity contribution is 14.1. The molecule has 0 saturated heterocycles. The highest BCUT2D eigenvalue weighted by atomic mass is 127. The number of carboxylic acids is 1. The zero-order chi connectivity index (χ0) is 15.9. The van der Waals surface area contributed by atoms with Gasteiger partial charge in [0.1, 0.15) is 6.04 Å². The summed E-state index contributed by atoms with van der Waals surface area (Å²) < 4.78 is 1.08. The van der Waals surface area contributed by atoms with Crippen LogP contribution in [-0.4, -0.2) is 23.0 Å². The largest absolute Gasteiger partial charge is 0.480 e. The van der Waals surface area contributed by atoms with Crippen molar-refractivity contribution in [1.29, 1.82) is 0 Å². The molecule has 4 nitrogen and oxygen atoms in total. The zero-order valence-corrected chi connectivity index (χ0v) is 14.0. The maximum absolute atomic E-state index is 12.0. The van der Waals surface area contributed by atoms with Gasteiger partial charge >= 0.3 is 5.97 Å². The Morgan fingerprint density at radius 3 is 2.23 bits per heavy atom. The molecule has 0 bridgehead atoms. The second-order valence-electron chi connectivity index (χ2n) is 4.95. The van der Waals surface area contributed by atoms with Crippen LogP contribution in [0.3, 0.4) is 0 Å². The van der Waals surface area contributed by atoms with Crippen LogP contribution in [0.5, 0.6) is 0 Å². The topological polar surface area (TPSA) is 66.4 Å². The lowest BCUT2D eigenvalue weighted by Gasteiger charge is -2.15. The minimum Gasteiger partial charge on any atom is -0.480 e. The molecule has 0 unspecified atom stereocenters. The minimum absolute atomic E-state index is 0.178. The summed E-state index contributed by atoms with van der Waals surface area (Å²) in [6, 6.07) is 15.9. The maximum atomic E-state index is 12.0. The highest BCUT2D eigenvalue weighted by Gasteiger charge is 2.20. The molecule has 0 aliphatic heterocycles. The Morgan fingerprint density at radius 1 is 1.00 bits per heavy atom. The van der Waals surface area contributed by atoms with Gasteiger partial charge in [0.2, 0.25) is 5.91 Å². The first kappa shape index (κ1) is 16.5. The average molecular weight is 409 g/mol. The highest BCUT2D eigenvalue weighted by Crippen LogP contribution is 2.09. The van der Waals surface area contributed by atoms with Crippen LogP contribution in [0, 0.1) is 3.57 Å². The third-order valence-corrected chi connectivity index (χ3v) is 3.91. The number of halogens is 1. The molecule has 2 N–H and O–H groups in total. The standard InChI is InChI=1S/C17H16INO3/c18-14-8-6-13(7-9-14)10-15(17(21)22)19-16(20)11-12-4-2-1-3-5-12/h1-9,15H,10-11H2,(H,19,20)(H,21,22)/t15-/m1/s1. The van der Waals surface area contributed by atoms with Crippen LogP contribution in [0.2, 0.25) is 0 Å². The Balaban J connectivity index is 1.98. The first-order chi connectivity index (χ1) is 10.5. The number of hydrogen-bond donors (Lipinski definition) is 2. The van der Waals surface area contributed by atoms with E-state index in [0.717, 1.165) is 14.7 Å². The van der Waals surface area contributed by atoms with Crippen LogP contribution >= 0.6 is 22.6 Å². The number of benzene rings is 2. The number of rotatable bonds is 6. The predicted molar refractivity (Wildman–Crippen MR) is 92.6 cm³/mol. The molecule has 1 atom stereocenters. The molecule has 1 amide bonds. The van der Waals surface area contributed by atoms with E-state index in [1.165, 1.54) is 0 Å². The van der Waals surface area contributed by atoms with Gasteiger partial charge in [-0.15, -0.1) is 0 Å². The van der Waals surface area contributed by atoms with Gasteiger partial charge in [-0.3, -0.25) is 4.79 Å². The van der Waals surface area contributed by atoms with E-state index in [4.69, 9.17) is 0 Å². The molecular formula is C17H16INO3. The monoisotopic (exact) mass is 409 g/mol. The fraction of sp³-hybridized carbons (Fsp3) is 0.176. The summed E-state index contributed by atoms with van der Waals surface area (Å²) >= 11 is 2.19. The molecule has 2 aromatic carbocycles. The van der Waals surface area contributed by atoms with E-state index in [2.05, 4.69) is 27.9 Å². The molecule has 0 fully saturated rings. The van der Waals surface area contributed by atoms with E-state index in [-0.39, 0.29) is 18.7 Å². The lowest BCUT2D eigenvalue weighted by molar-refractivity contribution is -0.141. The summed E-state index contributed by atoms with van der Waals surface area (Å²) in [6.45, 7) is 0. The van der Waals surface area contributed by atoms with E-state index in [1.54, 1.807) is 0 Å². The Labute approximate surface area is 142 Å². The van der Waals surface area contributed by atoms with Gasteiger partial charge in [-0.25, -0.2) is 4.79 Å². The normalized spacial score (nSPS) is 11.7. The van der Waals surface area contributed by atoms with Crippen LogP contribution in [-0.2, 0) is 22.4 Å². The van der Waals surface area contributed by atoms with Gasteiger partial charge in [0.15, 0.2) is 0 Å². The molecule has 0 heterocycles. The fourth-order valence-electron chi connectivity index (χ4n) is 2.08. The third kappa shape index (κ3) is 5.14. The number of carboxylic acid groups (broad SMARTS) is 1. The lowest BCUT2D eigenvalue weighted by atomic mass is 10.1. The molecule has 0 radical (unpaired) electrons. The molecule has 22 heavy (non-hydrogen) atoms. The number of aliphatic carboxylic acids is 1. The maximum Gasteiger partial charge on any atom is 0.326 e. The van der Waals surface area contributed by atoms with E-state index >= 15 is 0 Å². The van der Waals surface area contributed by atoms with E-state index in [0.29, 0.717) is 0 Å². The summed E-state index contributed by atoms with van der Waals surface area (Å²) in [5, 5.41) is 11.9. The van der Waals surface area contributed by atoms with Gasteiger partial charge in [-0.2, -0.15) is 0 Å². The minimum atomic E-state index is -1.03. The van der Waals surface area contributed by atoms with Crippen molar-refractivity contribution in [2.75, 3.05) is 0 Å². The van der Waals surface area contributed by atoms with Crippen molar-refractivity contribution >= 4 is 34.5 Å². The molecule has 0 spiro atoms. The number of carbonyl (C=O) groups is 2. The smallest absolute Gasteiger partial charge is 0.326 e. The SMILES string of the molecule is O=C(Cc1ccccc1)N[C@H](Cc1ccc(I)cc1)C(=O)O. The second-order valence-corrected chi connectivity index (χ2v) is 6.20. The Morgan fingerprint density at radius 2 is 1.64 bits per heavy atom. The van der Waals surface area contributed by atoms with Crippen molar-refractivity contribution in [3.05, 3.63) is 69.3 Å². The fourth-order valence-corrected chi connectivity index (χ4v) is 2.44. The van der Waals surface area contributed by atoms with Crippen molar-refractivity contribution in [3.8, 4) is 0 Å². The lowest BCUT2D eigenvalue weighted by Crippen LogP contribution is -2.43. The van der Waals surface area contributed by atoms with Crippen LogP contribution in [0.1, 0.15) is 11.1 Å². The predicted octanol–water partition coefficient (Wildman–Crippen LogP) is 2.65. The average Bonchev–Trinajstić information content (AvgIpc) is 2.49. The van der Waals surface area contributed by atoms with E-state index < -0.39 is 12.0 Å². The summed E-state index contributed by atoms with van der Waals surface area (Å²) in [7, 11) is 0. The Kier molecular flexibility index (Phi) is 5.94. The van der Waals surface area contributed by atoms with Gasteiger partial charge < -0.3 is 10.4 Å². The van der Waals surface area contributed by atoms with Crippen LogP contribution < -0.4 is 5.32 Å². The zero-order valence-electron chi connectivity index (χ0n) is 11.8. The van der Waals surface area contributed by atoms with Crippen LogP contribution in [0.15, 0.2) is 54.6 Å². The van der Waals surface area contributed by atoms with Crippen LogP contribution in [0.25, 0.3) is 0 Å². The number of hydrogen-bond acceptors (Lipinski definition) is 2. The first-order valence-corrected chi connectivity index (χ1v) is 7.93. The van der Waals surface area contributed by atoms with Gasteiger partial charge in [-0.1, -0.05) is 42.5 Å². The van der Waals surface area contributed by atoms with Crippen LogP contribution in [0.4, 0.5) is 0 Å². The molecule has 2 rings (SSSR count). The van der Waals surface area contributed by atoms with Gasteiger partial charge in [-0.05, 0) is 45.9 Å². The number of nitrogens with one attached hydrogen (secondary N) is 1. The molecule has 114 valence electrons. The Hall–Kier alpha value is -1.89. The summed E-state index contributed by atoms with van der Waals surface area (Å²) in [5.74, 6) is -1.32. The van der Waals surface area contributed by atoms with Gasteiger partial charge in [0.25, 0.3) is 0 Å². The molecule has 2 aromatic rings. The van der Waals surface area contributed by atoms with Crippen molar-refractivity contribution in [1.82, 2.24) is 5.32 Å².